The molecule has 0 amide bonds. The number of ether oxygens (including phenoxy) is 1. The van der Waals surface area contributed by atoms with Gasteiger partial charge in [-0.1, -0.05) is 15.9 Å². The van der Waals surface area contributed by atoms with Crippen molar-refractivity contribution in [3.63, 3.8) is 0 Å². The fourth-order valence-corrected chi connectivity index (χ4v) is 1.83. The first-order chi connectivity index (χ1) is 7.04. The molecule has 0 saturated heterocycles. The van der Waals surface area contributed by atoms with Gasteiger partial charge in [-0.25, -0.2) is 0 Å². The highest BCUT2D eigenvalue weighted by Gasteiger charge is 2.21. The van der Waals surface area contributed by atoms with E-state index >= 15 is 0 Å². The highest BCUT2D eigenvalue weighted by molar-refractivity contribution is 9.08. The summed E-state index contributed by atoms with van der Waals surface area (Å²) in [5.41, 5.74) is -0.191. The molecule has 4 nitrogen and oxygen atoms in total. The van der Waals surface area contributed by atoms with E-state index in [4.69, 9.17) is 4.74 Å². The van der Waals surface area contributed by atoms with Crippen molar-refractivity contribution >= 4 is 15.9 Å². The standard InChI is InChI=1S/C10H18BrN3O/c1-5-14-8(6-10(2,3)15-4)12-13-9(14)7-11/h5-7H2,1-4H3. The van der Waals surface area contributed by atoms with E-state index in [0.29, 0.717) is 0 Å². The van der Waals surface area contributed by atoms with E-state index < -0.39 is 0 Å². The molecule has 5 heteroatoms. The molecule has 0 spiro atoms. The molecule has 0 aliphatic heterocycles. The van der Waals surface area contributed by atoms with Gasteiger partial charge in [0.2, 0.25) is 0 Å². The molecule has 0 aliphatic rings. The molecule has 0 aromatic carbocycles. The highest BCUT2D eigenvalue weighted by Crippen LogP contribution is 2.16. The lowest BCUT2D eigenvalue weighted by Crippen LogP contribution is -2.27. The van der Waals surface area contributed by atoms with Gasteiger partial charge in [-0.15, -0.1) is 10.2 Å². The molecule has 1 aromatic heterocycles. The van der Waals surface area contributed by atoms with E-state index in [1.165, 1.54) is 0 Å². The van der Waals surface area contributed by atoms with Crippen molar-refractivity contribution in [3.05, 3.63) is 11.6 Å². The number of hydrogen-bond donors (Lipinski definition) is 0. The van der Waals surface area contributed by atoms with Crippen LogP contribution in [0.25, 0.3) is 0 Å². The average Bonchev–Trinajstić information content (AvgIpc) is 2.59. The van der Waals surface area contributed by atoms with Crippen LogP contribution in [0.1, 0.15) is 32.4 Å². The summed E-state index contributed by atoms with van der Waals surface area (Å²) >= 11 is 3.40. The van der Waals surface area contributed by atoms with Crippen LogP contribution in [0.2, 0.25) is 0 Å². The summed E-state index contributed by atoms with van der Waals surface area (Å²) in [7, 11) is 1.72. The Bertz CT molecular complexity index is 322. The minimum Gasteiger partial charge on any atom is -0.378 e. The van der Waals surface area contributed by atoms with Crippen molar-refractivity contribution in [2.45, 2.75) is 44.7 Å². The minimum absolute atomic E-state index is 0.191. The summed E-state index contributed by atoms with van der Waals surface area (Å²) < 4.78 is 7.51. The second-order valence-corrected chi connectivity index (χ2v) is 4.61. The third kappa shape index (κ3) is 3.01. The second kappa shape index (κ2) is 5.07. The van der Waals surface area contributed by atoms with Gasteiger partial charge < -0.3 is 9.30 Å². The number of nitrogens with zero attached hydrogens (tertiary/aromatic N) is 3. The van der Waals surface area contributed by atoms with Crippen LogP contribution < -0.4 is 0 Å². The molecule has 0 unspecified atom stereocenters. The minimum atomic E-state index is -0.191. The molecule has 0 saturated carbocycles. The zero-order valence-corrected chi connectivity index (χ0v) is 11.3. The molecule has 0 N–H and O–H groups in total. The summed E-state index contributed by atoms with van der Waals surface area (Å²) in [6.07, 6.45) is 0.775. The van der Waals surface area contributed by atoms with E-state index in [1.54, 1.807) is 7.11 Å². The van der Waals surface area contributed by atoms with Gasteiger partial charge in [0.05, 0.1) is 10.9 Å². The van der Waals surface area contributed by atoms with Gasteiger partial charge in [0.1, 0.15) is 11.6 Å². The first kappa shape index (κ1) is 12.6. The van der Waals surface area contributed by atoms with Gasteiger partial charge in [-0.3, -0.25) is 0 Å². The van der Waals surface area contributed by atoms with Crippen LogP contribution >= 0.6 is 15.9 Å². The van der Waals surface area contributed by atoms with E-state index in [2.05, 4.69) is 51.5 Å². The van der Waals surface area contributed by atoms with Crippen molar-refractivity contribution in [2.24, 2.45) is 0 Å². The third-order valence-electron chi connectivity index (χ3n) is 2.48. The highest BCUT2D eigenvalue weighted by atomic mass is 79.9. The zero-order valence-electron chi connectivity index (χ0n) is 9.75. The Labute approximate surface area is 99.2 Å². The fourth-order valence-electron chi connectivity index (χ4n) is 1.42. The van der Waals surface area contributed by atoms with Gasteiger partial charge >= 0.3 is 0 Å². The second-order valence-electron chi connectivity index (χ2n) is 4.05. The lowest BCUT2D eigenvalue weighted by atomic mass is 10.1. The lowest BCUT2D eigenvalue weighted by molar-refractivity contribution is 0.0208. The van der Waals surface area contributed by atoms with Crippen LogP contribution in [0.3, 0.4) is 0 Å². The Balaban J connectivity index is 2.90. The van der Waals surface area contributed by atoms with Crippen molar-refractivity contribution in [2.75, 3.05) is 7.11 Å². The van der Waals surface area contributed by atoms with E-state index in [1.807, 2.05) is 0 Å². The number of methoxy groups -OCH3 is 1. The summed E-state index contributed by atoms with van der Waals surface area (Å²) in [5, 5.41) is 9.07. The van der Waals surface area contributed by atoms with Crippen LogP contribution in [0.15, 0.2) is 0 Å². The lowest BCUT2D eigenvalue weighted by Gasteiger charge is -2.22. The molecule has 1 aromatic rings. The predicted molar refractivity (Wildman–Crippen MR) is 63.1 cm³/mol. The van der Waals surface area contributed by atoms with Crippen molar-refractivity contribution < 1.29 is 4.74 Å². The predicted octanol–water partition coefficient (Wildman–Crippen LogP) is 2.16. The van der Waals surface area contributed by atoms with Crippen molar-refractivity contribution in [3.8, 4) is 0 Å². The summed E-state index contributed by atoms with van der Waals surface area (Å²) in [6.45, 7) is 7.09. The normalized spacial score (nSPS) is 12.1. The van der Waals surface area contributed by atoms with Gasteiger partial charge in [-0.05, 0) is 20.8 Å². The molecule has 1 heterocycles. The summed E-state index contributed by atoms with van der Waals surface area (Å²) in [4.78, 5) is 0. The Hall–Kier alpha value is -0.420. The molecule has 0 atom stereocenters. The number of rotatable bonds is 5. The molecule has 0 bridgehead atoms. The summed E-state index contributed by atoms with van der Waals surface area (Å²) in [6, 6.07) is 0. The third-order valence-corrected chi connectivity index (χ3v) is 2.98. The molecule has 0 aliphatic carbocycles. The van der Waals surface area contributed by atoms with Gasteiger partial charge in [0.25, 0.3) is 0 Å². The molecule has 0 radical (unpaired) electrons. The number of halogens is 1. The maximum Gasteiger partial charge on any atom is 0.143 e. The fraction of sp³-hybridized carbons (Fsp3) is 0.800. The number of hydrogen-bond acceptors (Lipinski definition) is 3. The SMILES string of the molecule is CCn1c(CBr)nnc1CC(C)(C)OC. The van der Waals surface area contributed by atoms with Crippen LogP contribution in [0.5, 0.6) is 0 Å². The number of alkyl halides is 1. The van der Waals surface area contributed by atoms with Gasteiger partial charge in [0.15, 0.2) is 0 Å². The maximum absolute atomic E-state index is 5.39. The van der Waals surface area contributed by atoms with E-state index in [-0.39, 0.29) is 5.60 Å². The number of aromatic nitrogens is 3. The Morgan fingerprint density at radius 2 is 1.93 bits per heavy atom. The molecular formula is C10H18BrN3O. The molecule has 86 valence electrons. The molecular weight excluding hydrogens is 258 g/mol. The van der Waals surface area contributed by atoms with Crippen molar-refractivity contribution in [1.29, 1.82) is 0 Å². The van der Waals surface area contributed by atoms with Crippen molar-refractivity contribution in [1.82, 2.24) is 14.8 Å². The maximum atomic E-state index is 5.39. The Morgan fingerprint density at radius 3 is 2.40 bits per heavy atom. The largest absolute Gasteiger partial charge is 0.378 e. The van der Waals surface area contributed by atoms with Crippen LogP contribution in [0.4, 0.5) is 0 Å². The van der Waals surface area contributed by atoms with E-state index in [0.717, 1.165) is 29.9 Å². The van der Waals surface area contributed by atoms with Crippen LogP contribution in [0, 0.1) is 0 Å². The Morgan fingerprint density at radius 1 is 1.33 bits per heavy atom. The molecule has 15 heavy (non-hydrogen) atoms. The molecule has 0 fully saturated rings. The van der Waals surface area contributed by atoms with E-state index in [9.17, 15) is 0 Å². The van der Waals surface area contributed by atoms with Crippen LogP contribution in [-0.4, -0.2) is 27.5 Å². The smallest absolute Gasteiger partial charge is 0.143 e. The van der Waals surface area contributed by atoms with Crippen LogP contribution in [-0.2, 0) is 23.0 Å². The average molecular weight is 276 g/mol. The van der Waals surface area contributed by atoms with Gasteiger partial charge in [-0.2, -0.15) is 0 Å². The summed E-state index contributed by atoms with van der Waals surface area (Å²) in [5.74, 6) is 1.96. The first-order valence-electron chi connectivity index (χ1n) is 5.06. The quantitative estimate of drug-likeness (QED) is 0.774. The molecule has 1 rings (SSSR count). The first-order valence-corrected chi connectivity index (χ1v) is 6.18. The van der Waals surface area contributed by atoms with Gasteiger partial charge in [0, 0.05) is 20.1 Å². The topological polar surface area (TPSA) is 39.9 Å². The monoisotopic (exact) mass is 275 g/mol. The zero-order chi connectivity index (χ0) is 11.5. The Kier molecular flexibility index (Phi) is 4.28.